The van der Waals surface area contributed by atoms with E-state index >= 15 is 0 Å². The van der Waals surface area contributed by atoms with Crippen LogP contribution in [-0.4, -0.2) is 68.4 Å². The number of nitrogens with one attached hydrogen (secondary N) is 1. The summed E-state index contributed by atoms with van der Waals surface area (Å²) < 4.78 is 45.4. The van der Waals surface area contributed by atoms with Gasteiger partial charge in [-0.15, -0.1) is 0 Å². The van der Waals surface area contributed by atoms with Crippen molar-refractivity contribution in [3.05, 3.63) is 0 Å². The SMILES string of the molecule is CCNCC1OC2OC3(CCCC3)OC2C1OP(=S)(OCC1CC(C)CC1C)OC1CC(C)OC1CC. The van der Waals surface area contributed by atoms with Gasteiger partial charge in [0.2, 0.25) is 0 Å². The summed E-state index contributed by atoms with van der Waals surface area (Å²) in [5.74, 6) is 1.22. The van der Waals surface area contributed by atoms with Crippen molar-refractivity contribution in [3.63, 3.8) is 0 Å². The molecule has 3 aliphatic heterocycles. The molecule has 5 fully saturated rings. The van der Waals surface area contributed by atoms with Gasteiger partial charge in [-0.25, -0.2) is 0 Å². The Kier molecular flexibility index (Phi) is 9.40. The van der Waals surface area contributed by atoms with Crippen molar-refractivity contribution in [3.8, 4) is 0 Å². The first-order chi connectivity index (χ1) is 17.7. The molecule has 3 saturated heterocycles. The molecule has 0 amide bonds. The standard InChI is InChI=1S/C27H48NO7PS/c1-6-21-22(14-19(5)30-21)34-36(37,29-16-20-13-17(3)12-18(20)4)35-24-23(15-28-7-2)31-26-25(24)32-27(33-26)10-8-9-11-27/h17-26,28H,6-16H2,1-5H3. The van der Waals surface area contributed by atoms with Gasteiger partial charge in [-0.3, -0.25) is 4.52 Å². The molecule has 2 saturated carbocycles. The lowest BCUT2D eigenvalue weighted by atomic mass is 10.00. The maximum atomic E-state index is 6.79. The summed E-state index contributed by atoms with van der Waals surface area (Å²) >= 11 is 6.19. The van der Waals surface area contributed by atoms with Crippen LogP contribution in [0.3, 0.4) is 0 Å². The second-order valence-electron chi connectivity index (χ2n) is 12.1. The highest BCUT2D eigenvalue weighted by Gasteiger charge is 2.60. The van der Waals surface area contributed by atoms with Crippen molar-refractivity contribution in [1.29, 1.82) is 0 Å². The number of likely N-dealkylation sites (N-methyl/N-ethyl adjacent to an activating group) is 1. The first-order valence-corrected chi connectivity index (χ1v) is 17.3. The molecule has 8 nitrogen and oxygen atoms in total. The Balaban J connectivity index is 1.35. The largest absolute Gasteiger partial charge is 0.372 e. The summed E-state index contributed by atoms with van der Waals surface area (Å²) in [7, 11) is 0. The van der Waals surface area contributed by atoms with Gasteiger partial charge >= 0.3 is 6.72 Å². The molecule has 2 aliphatic carbocycles. The lowest BCUT2D eigenvalue weighted by Crippen LogP contribution is -2.42. The number of ether oxygens (including phenoxy) is 4. The molecular weight excluding hydrogens is 513 g/mol. The Morgan fingerprint density at radius 1 is 0.973 bits per heavy atom. The van der Waals surface area contributed by atoms with Crippen LogP contribution >= 0.6 is 6.72 Å². The second kappa shape index (κ2) is 12.1. The molecule has 11 atom stereocenters. The van der Waals surface area contributed by atoms with E-state index in [0.29, 0.717) is 30.9 Å². The van der Waals surface area contributed by atoms with Gasteiger partial charge in [-0.2, -0.15) is 0 Å². The number of hydrogen-bond acceptors (Lipinski definition) is 9. The fraction of sp³-hybridized carbons (Fsp3) is 1.00. The molecule has 1 N–H and O–H groups in total. The van der Waals surface area contributed by atoms with Gasteiger partial charge in [0.05, 0.1) is 24.9 Å². The zero-order valence-corrected chi connectivity index (χ0v) is 25.0. The lowest BCUT2D eigenvalue weighted by Gasteiger charge is -2.33. The number of hydrogen-bond donors (Lipinski definition) is 1. The van der Waals surface area contributed by atoms with Crippen LogP contribution < -0.4 is 5.32 Å². The fourth-order valence-corrected chi connectivity index (χ4v) is 9.47. The van der Waals surface area contributed by atoms with Crippen LogP contribution in [0.25, 0.3) is 0 Å². The molecule has 214 valence electrons. The average molecular weight is 562 g/mol. The maximum Gasteiger partial charge on any atom is 0.328 e. The average Bonchev–Trinajstić information content (AvgIpc) is 3.65. The van der Waals surface area contributed by atoms with Crippen LogP contribution in [0, 0.1) is 17.8 Å². The third-order valence-electron chi connectivity index (χ3n) is 8.94. The van der Waals surface area contributed by atoms with Gasteiger partial charge < -0.3 is 33.3 Å². The van der Waals surface area contributed by atoms with Crippen molar-refractivity contribution in [2.45, 2.75) is 135 Å². The van der Waals surface area contributed by atoms with E-state index in [1.807, 2.05) is 0 Å². The summed E-state index contributed by atoms with van der Waals surface area (Å²) in [6.45, 7) is 9.80. The molecule has 0 aromatic carbocycles. The minimum atomic E-state index is -3.15. The zero-order chi connectivity index (χ0) is 26.2. The zero-order valence-electron chi connectivity index (χ0n) is 23.3. The Hall–Kier alpha value is 0.330. The van der Waals surface area contributed by atoms with Crippen LogP contribution in [0.15, 0.2) is 0 Å². The summed E-state index contributed by atoms with van der Waals surface area (Å²) in [6.07, 6.45) is 6.52. The van der Waals surface area contributed by atoms with Crippen LogP contribution in [-0.2, 0) is 44.3 Å². The van der Waals surface area contributed by atoms with Gasteiger partial charge in [0, 0.05) is 25.8 Å². The first-order valence-electron chi connectivity index (χ1n) is 14.7. The van der Waals surface area contributed by atoms with Crippen molar-refractivity contribution in [2.24, 2.45) is 17.8 Å². The van der Waals surface area contributed by atoms with Crippen LogP contribution in [0.1, 0.15) is 86.0 Å². The van der Waals surface area contributed by atoms with Crippen LogP contribution in [0.5, 0.6) is 0 Å². The monoisotopic (exact) mass is 561 g/mol. The topological polar surface area (TPSA) is 76.6 Å². The minimum Gasteiger partial charge on any atom is -0.372 e. The predicted molar refractivity (Wildman–Crippen MR) is 145 cm³/mol. The Bertz CT molecular complexity index is 814. The molecule has 3 heterocycles. The summed E-state index contributed by atoms with van der Waals surface area (Å²) in [6, 6.07) is 0. The minimum absolute atomic E-state index is 0.00657. The van der Waals surface area contributed by atoms with Crippen molar-refractivity contribution in [2.75, 3.05) is 19.7 Å². The number of rotatable bonds is 11. The Morgan fingerprint density at radius 2 is 1.76 bits per heavy atom. The number of fused-ring (bicyclic) bond motifs is 1. The third kappa shape index (κ3) is 6.47. The molecular formula is C27H48NO7PS. The van der Waals surface area contributed by atoms with E-state index in [0.717, 1.165) is 51.5 Å². The molecule has 37 heavy (non-hydrogen) atoms. The van der Waals surface area contributed by atoms with Crippen LogP contribution in [0.4, 0.5) is 0 Å². The van der Waals surface area contributed by atoms with E-state index in [9.17, 15) is 0 Å². The van der Waals surface area contributed by atoms with Crippen LogP contribution in [0.2, 0.25) is 0 Å². The van der Waals surface area contributed by atoms with E-state index in [1.165, 1.54) is 6.42 Å². The molecule has 5 rings (SSSR count). The molecule has 0 aromatic rings. The van der Waals surface area contributed by atoms with E-state index in [2.05, 4.69) is 39.9 Å². The summed E-state index contributed by atoms with van der Waals surface area (Å²) in [5, 5.41) is 3.40. The molecule has 10 heteroatoms. The van der Waals surface area contributed by atoms with E-state index < -0.39 is 24.9 Å². The smallest absolute Gasteiger partial charge is 0.328 e. The highest BCUT2D eigenvalue weighted by molar-refractivity contribution is 8.07. The second-order valence-corrected chi connectivity index (χ2v) is 15.0. The lowest BCUT2D eigenvalue weighted by molar-refractivity contribution is -0.228. The van der Waals surface area contributed by atoms with Crippen molar-refractivity contribution >= 4 is 18.5 Å². The van der Waals surface area contributed by atoms with Gasteiger partial charge in [-0.1, -0.05) is 27.7 Å². The van der Waals surface area contributed by atoms with E-state index in [4.69, 9.17) is 44.3 Å². The Morgan fingerprint density at radius 3 is 2.43 bits per heavy atom. The fourth-order valence-electron chi connectivity index (χ4n) is 7.01. The van der Waals surface area contributed by atoms with Gasteiger partial charge in [0.1, 0.15) is 18.3 Å². The molecule has 5 aliphatic rings. The highest BCUT2D eigenvalue weighted by Crippen LogP contribution is 2.58. The van der Waals surface area contributed by atoms with Gasteiger partial charge in [0.25, 0.3) is 0 Å². The maximum absolute atomic E-state index is 6.79. The van der Waals surface area contributed by atoms with Crippen molar-refractivity contribution in [1.82, 2.24) is 5.32 Å². The molecule has 0 aromatic heterocycles. The van der Waals surface area contributed by atoms with Gasteiger partial charge in [-0.05, 0) is 75.1 Å². The Labute approximate surface area is 228 Å². The first kappa shape index (κ1) is 28.8. The molecule has 11 unspecified atom stereocenters. The summed E-state index contributed by atoms with van der Waals surface area (Å²) in [5.41, 5.74) is 0. The van der Waals surface area contributed by atoms with E-state index in [-0.39, 0.29) is 30.5 Å². The van der Waals surface area contributed by atoms with Gasteiger partial charge in [0.15, 0.2) is 12.1 Å². The van der Waals surface area contributed by atoms with Crippen molar-refractivity contribution < 1.29 is 32.5 Å². The molecule has 1 spiro atoms. The van der Waals surface area contributed by atoms with E-state index in [1.54, 1.807) is 0 Å². The molecule has 0 radical (unpaired) electrons. The third-order valence-corrected chi connectivity index (χ3v) is 11.3. The molecule has 0 bridgehead atoms. The summed E-state index contributed by atoms with van der Waals surface area (Å²) in [4.78, 5) is 0. The predicted octanol–water partition coefficient (Wildman–Crippen LogP) is 5.29. The highest BCUT2D eigenvalue weighted by atomic mass is 32.5. The quantitative estimate of drug-likeness (QED) is 0.339. The normalized spacial score (nSPS) is 44.6.